The van der Waals surface area contributed by atoms with Crippen molar-refractivity contribution in [2.24, 2.45) is 5.16 Å². The van der Waals surface area contributed by atoms with Crippen molar-refractivity contribution < 1.29 is 71.4 Å². The van der Waals surface area contributed by atoms with Gasteiger partial charge in [0.25, 0.3) is 11.8 Å². The lowest BCUT2D eigenvalue weighted by atomic mass is 10.0. The zero-order chi connectivity index (χ0) is 65.8. The highest BCUT2D eigenvalue weighted by molar-refractivity contribution is 8.00. The number of likely N-dealkylation sites (tertiary alicyclic amines) is 1. The molecule has 5 amide bonds. The monoisotopic (exact) mass is 1280 g/mol. The number of carbonyl (C=O) groups is 7. The van der Waals surface area contributed by atoms with Crippen LogP contribution in [-0.4, -0.2) is 154 Å². The second kappa shape index (κ2) is 26.9. The van der Waals surface area contributed by atoms with Gasteiger partial charge in [-0.05, 0) is 133 Å². The molecule has 27 heteroatoms. The number of rotatable bonds is 17. The Morgan fingerprint density at radius 2 is 1.49 bits per heavy atom. The first kappa shape index (κ1) is 67.3. The van der Waals surface area contributed by atoms with Gasteiger partial charge >= 0.3 is 30.2 Å². The number of thiazole rings is 1. The number of anilines is 1. The summed E-state index contributed by atoms with van der Waals surface area (Å²) >= 11 is 2.29. The smallest absolute Gasteiger partial charge is 0.416 e. The van der Waals surface area contributed by atoms with E-state index < -0.39 is 93.2 Å². The number of benzene rings is 2. The molecule has 90 heavy (non-hydrogen) atoms. The molecule has 2 saturated heterocycles. The van der Waals surface area contributed by atoms with Gasteiger partial charge in [-0.3, -0.25) is 34.8 Å². The fourth-order valence-corrected chi connectivity index (χ4v) is 11.6. The quantitative estimate of drug-likeness (QED) is 0.0149. The Labute approximate surface area is 531 Å². The second-order valence-electron chi connectivity index (χ2n) is 26.3. The van der Waals surface area contributed by atoms with Gasteiger partial charge in [0, 0.05) is 41.4 Å². The van der Waals surface area contributed by atoms with E-state index in [2.05, 4.69) is 20.8 Å². The molecule has 3 aliphatic heterocycles. The number of amides is 5. The van der Waals surface area contributed by atoms with E-state index in [1.54, 1.807) is 138 Å². The number of nitrogens with zero attached hydrogens (tertiary/aromatic N) is 8. The fraction of sp³-hybridized carbons (Fsp3) is 0.492. The number of methoxy groups -OCH3 is 1. The van der Waals surface area contributed by atoms with Gasteiger partial charge in [0.05, 0.1) is 36.8 Å². The highest BCUT2D eigenvalue weighted by Gasteiger charge is 2.55. The minimum Gasteiger partial charge on any atom is -0.497 e. The SMILES string of the molecule is COc1ccc(COC(=O)C2=C(C[n+]3ccc4c(cnn4Cc4ccc(C(=N)N(C(=O)OC(C)(C)C)[C@@H]5CCCN(C(=O)OC(C)(C)C)C5)cc4)c3)CS[C@@H]3[C@H](NC(=O)/C(=N\OC(C)(C)C(=O)OC(C)(C)C)c4csc(NC(=O)OC(C)(C)C)n4)C(=O)N23)cc1. The Kier molecular flexibility index (Phi) is 20.1. The molecule has 6 heterocycles. The molecular weight excluding hydrogens is 1200 g/mol. The summed E-state index contributed by atoms with van der Waals surface area (Å²) in [6.07, 6.45) is 4.64. The lowest BCUT2D eigenvalue weighted by Crippen LogP contribution is -2.71. The van der Waals surface area contributed by atoms with E-state index in [4.69, 9.17) is 38.4 Å². The number of piperidine rings is 1. The molecule has 2 aromatic carbocycles. The number of aromatic nitrogens is 4. The van der Waals surface area contributed by atoms with E-state index in [0.717, 1.165) is 27.8 Å². The lowest BCUT2D eigenvalue weighted by molar-refractivity contribution is -0.687. The molecule has 0 spiro atoms. The molecule has 25 nitrogen and oxygen atoms in total. The van der Waals surface area contributed by atoms with Crippen LogP contribution in [0.15, 0.2) is 95.0 Å². The van der Waals surface area contributed by atoms with E-state index >= 15 is 0 Å². The number of hydrogen-bond acceptors (Lipinski definition) is 20. The summed E-state index contributed by atoms with van der Waals surface area (Å²) in [6.45, 7) is 24.7. The number of nitrogens with one attached hydrogen (secondary N) is 3. The zero-order valence-electron chi connectivity index (χ0n) is 53.5. The third kappa shape index (κ3) is 17.2. The Balaban J connectivity index is 1.01. The molecule has 0 radical (unpaired) electrons. The second-order valence-corrected chi connectivity index (χ2v) is 28.3. The number of hydrogen-bond donors (Lipinski definition) is 3. The minimum atomic E-state index is -1.70. The Bertz CT molecular complexity index is 3610. The average molecular weight is 1280 g/mol. The van der Waals surface area contributed by atoms with E-state index in [1.165, 1.54) is 40.8 Å². The first-order valence-corrected chi connectivity index (χ1v) is 31.2. The maximum atomic E-state index is 14.5. The van der Waals surface area contributed by atoms with Crippen molar-refractivity contribution in [3.63, 3.8) is 0 Å². The van der Waals surface area contributed by atoms with E-state index in [-0.39, 0.29) is 47.8 Å². The molecule has 0 unspecified atom stereocenters. The average Bonchev–Trinajstić information content (AvgIpc) is 1.01. The van der Waals surface area contributed by atoms with Crippen molar-refractivity contribution in [3.8, 4) is 5.75 Å². The summed E-state index contributed by atoms with van der Waals surface area (Å²) in [5, 5.41) is 24.9. The molecule has 8 rings (SSSR count). The summed E-state index contributed by atoms with van der Waals surface area (Å²) in [7, 11) is 1.54. The third-order valence-electron chi connectivity index (χ3n) is 13.7. The van der Waals surface area contributed by atoms with Crippen molar-refractivity contribution in [2.45, 2.75) is 175 Å². The summed E-state index contributed by atoms with van der Waals surface area (Å²) in [6, 6.07) is 14.5. The van der Waals surface area contributed by atoms with Crippen LogP contribution in [0, 0.1) is 5.41 Å². The number of fused-ring (bicyclic) bond motifs is 2. The molecule has 0 saturated carbocycles. The minimum absolute atomic E-state index is 0.0204. The number of pyridine rings is 1. The van der Waals surface area contributed by atoms with Crippen LogP contribution >= 0.6 is 23.1 Å². The summed E-state index contributed by atoms with van der Waals surface area (Å²) < 4.78 is 37.3. The number of carbonyl (C=O) groups excluding carboxylic acids is 7. The first-order valence-electron chi connectivity index (χ1n) is 29.3. The van der Waals surface area contributed by atoms with Crippen LogP contribution in [0.2, 0.25) is 0 Å². The molecule has 3 aromatic heterocycles. The van der Waals surface area contributed by atoms with E-state index in [1.807, 2.05) is 39.8 Å². The zero-order valence-corrected chi connectivity index (χ0v) is 55.1. The van der Waals surface area contributed by atoms with E-state index in [0.29, 0.717) is 48.4 Å². The van der Waals surface area contributed by atoms with Crippen molar-refractivity contribution in [3.05, 3.63) is 112 Å². The molecule has 3 aliphatic rings. The van der Waals surface area contributed by atoms with Crippen LogP contribution in [-0.2, 0) is 67.4 Å². The van der Waals surface area contributed by atoms with Crippen LogP contribution in [0.25, 0.3) is 10.9 Å². The molecule has 0 aliphatic carbocycles. The fourth-order valence-electron chi connectivity index (χ4n) is 9.57. The van der Waals surface area contributed by atoms with Gasteiger partial charge in [-0.2, -0.15) is 5.10 Å². The van der Waals surface area contributed by atoms with Gasteiger partial charge < -0.3 is 43.5 Å². The highest BCUT2D eigenvalue weighted by Crippen LogP contribution is 2.41. The molecule has 5 aromatic rings. The van der Waals surface area contributed by atoms with E-state index in [9.17, 15) is 39.0 Å². The van der Waals surface area contributed by atoms with Crippen molar-refractivity contribution in [1.29, 1.82) is 5.41 Å². The first-order chi connectivity index (χ1) is 42.0. The van der Waals surface area contributed by atoms with Gasteiger partial charge in [-0.15, -0.1) is 23.1 Å². The Morgan fingerprint density at radius 3 is 2.13 bits per heavy atom. The predicted molar refractivity (Wildman–Crippen MR) is 336 cm³/mol. The number of oxime groups is 1. The van der Waals surface area contributed by atoms with Gasteiger partial charge in [-0.1, -0.05) is 41.6 Å². The maximum absolute atomic E-state index is 14.5. The molecular formula is C63H80N11O14S2+. The maximum Gasteiger partial charge on any atom is 0.416 e. The van der Waals surface area contributed by atoms with Crippen LogP contribution in [0.3, 0.4) is 0 Å². The number of thioether (sulfide) groups is 1. The Hall–Kier alpha value is -8.59. The number of ether oxygens (including phenoxy) is 6. The molecule has 3 N–H and O–H groups in total. The van der Waals surface area contributed by atoms with Gasteiger partial charge in [0.15, 0.2) is 29.8 Å². The van der Waals surface area contributed by atoms with Crippen LogP contribution in [0.1, 0.15) is 132 Å². The van der Waals surface area contributed by atoms with Gasteiger partial charge in [0.2, 0.25) is 5.60 Å². The topological polar surface area (TPSA) is 289 Å². The largest absolute Gasteiger partial charge is 0.497 e. The van der Waals surface area contributed by atoms with Crippen molar-refractivity contribution >= 4 is 92.7 Å². The summed E-state index contributed by atoms with van der Waals surface area (Å²) in [5.41, 5.74) is -2.04. The molecule has 0 bridgehead atoms. The van der Waals surface area contributed by atoms with Crippen LogP contribution < -0.4 is 19.9 Å². The predicted octanol–water partition coefficient (Wildman–Crippen LogP) is 9.08. The lowest BCUT2D eigenvalue weighted by Gasteiger charge is -2.49. The number of amidine groups is 1. The van der Waals surface area contributed by atoms with Crippen LogP contribution in [0.5, 0.6) is 5.75 Å². The van der Waals surface area contributed by atoms with Crippen molar-refractivity contribution in [1.82, 2.24) is 34.8 Å². The van der Waals surface area contributed by atoms with Crippen molar-refractivity contribution in [2.75, 3.05) is 31.3 Å². The number of esters is 2. The van der Waals surface area contributed by atoms with Gasteiger partial charge in [0.1, 0.15) is 63.4 Å². The normalized spacial score (nSPS) is 17.3. The molecule has 482 valence electrons. The third-order valence-corrected chi connectivity index (χ3v) is 15.8. The standard InChI is InChI=1S/C63H79N11O14S2/c1-59(2,3)84-54(78)63(13,14)88-69-46(44-36-90-55(66-44)68-56(79)85-60(4,5)6)50(75)67-47-51(76)74-48(53(77)83-34-38-20-24-43(82-15)25-21-38)41(35-89-52(47)74)32-70-28-26-45-40(31-70)29-65-72(45)30-37-18-22-39(23-19-37)49(64)73(58(81)87-62(10,11)12)42-17-16-27-71(33-42)57(80)86-61(7,8)9/h18-26,28-29,31,36,42,47,52,64H,16-17,27,30,32-35H2,1-15H3,(H-,66,67,68,75,79)/p+1/b64-49?,69-46-/t42-,47-,52-/m1/s1. The summed E-state index contributed by atoms with van der Waals surface area (Å²) in [4.78, 5) is 111. The molecule has 3 atom stereocenters. The van der Waals surface area contributed by atoms with Gasteiger partial charge in [-0.25, -0.2) is 33.5 Å². The molecule has 2 fully saturated rings. The highest BCUT2D eigenvalue weighted by atomic mass is 32.2. The Morgan fingerprint density at radius 1 is 0.833 bits per heavy atom. The number of β-lactam (4-membered cyclic amide) rings is 1. The van der Waals surface area contributed by atoms with Crippen LogP contribution in [0.4, 0.5) is 19.5 Å². The summed E-state index contributed by atoms with van der Waals surface area (Å²) in [5.74, 6) is -2.26.